The molecule has 2 aromatic carbocycles. The van der Waals surface area contributed by atoms with Gasteiger partial charge in [0.2, 0.25) is 0 Å². The van der Waals surface area contributed by atoms with Crippen molar-refractivity contribution < 1.29 is 27.8 Å². The molecule has 9 heteroatoms. The Morgan fingerprint density at radius 1 is 0.667 bits per heavy atom. The predicted octanol–water partition coefficient (Wildman–Crippen LogP) is 3.12. The fourth-order valence-corrected chi connectivity index (χ4v) is 1.22. The molecular weight excluding hydrogens is 316 g/mol. The number of nitroso groups, excluding NO2 is 2. The van der Waals surface area contributed by atoms with Crippen LogP contribution in [-0.4, -0.2) is 10.4 Å². The maximum atomic E-state index is 9.73. The molecule has 0 aliphatic rings. The first-order valence-electron chi connectivity index (χ1n) is 5.43. The van der Waals surface area contributed by atoms with E-state index in [1.165, 1.54) is 0 Å². The van der Waals surface area contributed by atoms with Gasteiger partial charge in [0.15, 0.2) is 0 Å². The van der Waals surface area contributed by atoms with Gasteiger partial charge in [-0.05, 0) is 24.3 Å². The Bertz CT molecular complexity index is 480. The Kier molecular flexibility index (Phi) is 9.33. The number of hydrogen-bond donors (Lipinski definition) is 2. The van der Waals surface area contributed by atoms with Crippen LogP contribution in [0, 0.1) is 9.81 Å². The monoisotopic (exact) mass is 328 g/mol. The molecule has 0 aliphatic carbocycles. The third-order valence-electron chi connectivity index (χ3n) is 2.13. The molecule has 0 heterocycles. The van der Waals surface area contributed by atoms with Crippen LogP contribution in [-0.2, 0) is 17.4 Å². The molecule has 0 bridgehead atoms. The van der Waals surface area contributed by atoms with Gasteiger partial charge in [0.25, 0.3) is 0 Å². The number of hydrogen-bond acceptors (Lipinski definition) is 6. The summed E-state index contributed by atoms with van der Waals surface area (Å²) in [6.45, 7) is 0. The standard InChI is InChI=1S/2C6H6N2O2.Cr/c2*9-7-8(10)6-4-2-1-3-5-6;/h2*1-5,10H;. The Hall–Kier alpha value is -2.31. The second-order valence-electron chi connectivity index (χ2n) is 3.41. The molecule has 0 aromatic heterocycles. The smallest absolute Gasteiger partial charge is 0.0932 e. The van der Waals surface area contributed by atoms with Crippen molar-refractivity contribution in [1.29, 1.82) is 0 Å². The fraction of sp³-hybridized carbons (Fsp3) is 0. The van der Waals surface area contributed by atoms with Crippen molar-refractivity contribution in [3.8, 4) is 0 Å². The van der Waals surface area contributed by atoms with E-state index in [4.69, 9.17) is 10.4 Å². The van der Waals surface area contributed by atoms with Gasteiger partial charge in [-0.2, -0.15) is 0 Å². The van der Waals surface area contributed by atoms with E-state index in [1.54, 1.807) is 60.7 Å². The van der Waals surface area contributed by atoms with Crippen LogP contribution in [0.3, 0.4) is 0 Å². The fourth-order valence-electron chi connectivity index (χ4n) is 1.22. The number of rotatable bonds is 4. The molecule has 0 amide bonds. The number of benzene rings is 2. The van der Waals surface area contributed by atoms with E-state index in [0.717, 1.165) is 0 Å². The molecular formula is C12H12CrN4O4. The Labute approximate surface area is 131 Å². The summed E-state index contributed by atoms with van der Waals surface area (Å²) in [4.78, 5) is 19.5. The normalized spacial score (nSPS) is 8.48. The van der Waals surface area contributed by atoms with E-state index in [-0.39, 0.29) is 27.7 Å². The summed E-state index contributed by atoms with van der Waals surface area (Å²) < 4.78 is 0. The number of para-hydroxylation sites is 2. The molecule has 2 N–H and O–H groups in total. The molecule has 0 saturated carbocycles. The van der Waals surface area contributed by atoms with Crippen molar-refractivity contribution in [2.24, 2.45) is 10.6 Å². The van der Waals surface area contributed by atoms with Crippen LogP contribution in [0.25, 0.3) is 0 Å². The number of anilines is 2. The van der Waals surface area contributed by atoms with E-state index in [2.05, 4.69) is 10.6 Å². The zero-order chi connectivity index (χ0) is 14.8. The van der Waals surface area contributed by atoms with Gasteiger partial charge in [-0.15, -0.1) is 20.2 Å². The van der Waals surface area contributed by atoms with Gasteiger partial charge in [0, 0.05) is 17.4 Å². The molecule has 0 atom stereocenters. The van der Waals surface area contributed by atoms with Crippen molar-refractivity contribution in [2.45, 2.75) is 0 Å². The maximum absolute atomic E-state index is 9.73. The predicted molar refractivity (Wildman–Crippen MR) is 73.0 cm³/mol. The summed E-state index contributed by atoms with van der Waals surface area (Å²) in [7, 11) is 0. The summed E-state index contributed by atoms with van der Waals surface area (Å²) in [5, 5.41) is 22.5. The molecule has 0 aliphatic heterocycles. The molecule has 2 aromatic rings. The maximum Gasteiger partial charge on any atom is 0.0932 e. The molecule has 0 unspecified atom stereocenters. The topological polar surface area (TPSA) is 106 Å². The average Bonchev–Trinajstić information content (AvgIpc) is 2.55. The minimum atomic E-state index is 0. The van der Waals surface area contributed by atoms with Gasteiger partial charge in [-0.3, -0.25) is 10.4 Å². The molecule has 0 fully saturated rings. The summed E-state index contributed by atoms with van der Waals surface area (Å²) in [5.74, 6) is 0. The summed E-state index contributed by atoms with van der Waals surface area (Å²) in [5.41, 5.74) is 0.718. The zero-order valence-electron chi connectivity index (χ0n) is 10.7. The van der Waals surface area contributed by atoms with E-state index >= 15 is 0 Å². The van der Waals surface area contributed by atoms with Gasteiger partial charge in [0.05, 0.1) is 21.9 Å². The minimum absolute atomic E-state index is 0. The van der Waals surface area contributed by atoms with Gasteiger partial charge >= 0.3 is 0 Å². The Morgan fingerprint density at radius 3 is 1.19 bits per heavy atom. The van der Waals surface area contributed by atoms with Gasteiger partial charge in [-0.25, -0.2) is 0 Å². The Morgan fingerprint density at radius 2 is 0.952 bits per heavy atom. The largest absolute Gasteiger partial charge is 0.265 e. The van der Waals surface area contributed by atoms with E-state index < -0.39 is 0 Å². The Balaban J connectivity index is 0.000000364. The van der Waals surface area contributed by atoms with Gasteiger partial charge < -0.3 is 0 Å². The second-order valence-corrected chi connectivity index (χ2v) is 3.41. The first kappa shape index (κ1) is 18.7. The molecule has 21 heavy (non-hydrogen) atoms. The van der Waals surface area contributed by atoms with Crippen LogP contribution in [0.15, 0.2) is 71.2 Å². The second kappa shape index (κ2) is 10.5. The van der Waals surface area contributed by atoms with Crippen molar-refractivity contribution in [2.75, 3.05) is 10.3 Å². The SMILES string of the molecule is O=NN(O)c1ccccc1.O=NN(O)c1ccccc1.[Cr]. The molecule has 8 nitrogen and oxygen atoms in total. The third-order valence-corrected chi connectivity index (χ3v) is 2.13. The summed E-state index contributed by atoms with van der Waals surface area (Å²) >= 11 is 0. The molecule has 0 spiro atoms. The average molecular weight is 328 g/mol. The van der Waals surface area contributed by atoms with Crippen LogP contribution < -0.4 is 10.3 Å². The molecule has 110 valence electrons. The number of nitrogens with zero attached hydrogens (tertiary/aromatic N) is 4. The summed E-state index contributed by atoms with van der Waals surface area (Å²) in [6.07, 6.45) is 0. The first-order valence-corrected chi connectivity index (χ1v) is 5.43. The molecule has 0 saturated heterocycles. The van der Waals surface area contributed by atoms with Crippen LogP contribution in [0.4, 0.5) is 11.4 Å². The van der Waals surface area contributed by atoms with E-state index in [0.29, 0.717) is 11.4 Å². The summed E-state index contributed by atoms with van der Waals surface area (Å²) in [6, 6.07) is 16.6. The first-order chi connectivity index (χ1) is 9.69. The molecule has 0 radical (unpaired) electrons. The molecule has 2 rings (SSSR count). The van der Waals surface area contributed by atoms with Crippen molar-refractivity contribution in [3.63, 3.8) is 0 Å². The van der Waals surface area contributed by atoms with Crippen molar-refractivity contribution >= 4 is 11.4 Å². The third kappa shape index (κ3) is 6.60. The van der Waals surface area contributed by atoms with Gasteiger partial charge in [0.1, 0.15) is 0 Å². The van der Waals surface area contributed by atoms with Crippen LogP contribution in [0.2, 0.25) is 0 Å². The zero-order valence-corrected chi connectivity index (χ0v) is 12.0. The van der Waals surface area contributed by atoms with Gasteiger partial charge in [-0.1, -0.05) is 36.4 Å². The van der Waals surface area contributed by atoms with E-state index in [1.807, 2.05) is 0 Å². The van der Waals surface area contributed by atoms with Crippen LogP contribution in [0.1, 0.15) is 0 Å². The van der Waals surface area contributed by atoms with E-state index in [9.17, 15) is 9.81 Å². The van der Waals surface area contributed by atoms with Crippen LogP contribution in [0.5, 0.6) is 0 Å². The van der Waals surface area contributed by atoms with Crippen molar-refractivity contribution in [1.82, 2.24) is 0 Å². The van der Waals surface area contributed by atoms with Crippen LogP contribution >= 0.6 is 0 Å². The minimum Gasteiger partial charge on any atom is -0.265 e. The van der Waals surface area contributed by atoms with Crippen molar-refractivity contribution in [3.05, 3.63) is 70.5 Å². The quantitative estimate of drug-likeness (QED) is 0.660.